The molecule has 0 unspecified atom stereocenters. The highest BCUT2D eigenvalue weighted by molar-refractivity contribution is 5.92. The SMILES string of the molecule is CC(C)c1cc(C(=O)N2CCC[C@H](c3ncc(Cc4ccccc4)o3)C2)n(C)n1. The number of rotatable bonds is 5. The molecule has 1 atom stereocenters. The first-order valence-electron chi connectivity index (χ1n) is 10.3. The first-order chi connectivity index (χ1) is 14.0. The van der Waals surface area contributed by atoms with Crippen molar-refractivity contribution >= 4 is 5.91 Å². The Hall–Kier alpha value is -2.89. The molecule has 1 aromatic carbocycles. The van der Waals surface area contributed by atoms with Gasteiger partial charge in [0, 0.05) is 26.6 Å². The van der Waals surface area contributed by atoms with Crippen LogP contribution in [0.2, 0.25) is 0 Å². The second-order valence-corrected chi connectivity index (χ2v) is 8.15. The zero-order valence-electron chi connectivity index (χ0n) is 17.3. The van der Waals surface area contributed by atoms with Crippen LogP contribution in [-0.4, -0.2) is 38.7 Å². The maximum atomic E-state index is 13.1. The molecule has 6 heteroatoms. The molecule has 0 bridgehead atoms. The van der Waals surface area contributed by atoms with E-state index in [0.29, 0.717) is 18.2 Å². The predicted molar refractivity (Wildman–Crippen MR) is 111 cm³/mol. The number of oxazole rings is 1. The van der Waals surface area contributed by atoms with Crippen LogP contribution in [0, 0.1) is 0 Å². The van der Waals surface area contributed by atoms with Crippen LogP contribution in [0.3, 0.4) is 0 Å². The van der Waals surface area contributed by atoms with Crippen LogP contribution in [0.4, 0.5) is 0 Å². The lowest BCUT2D eigenvalue weighted by Gasteiger charge is -2.31. The molecule has 0 saturated carbocycles. The smallest absolute Gasteiger partial charge is 0.272 e. The summed E-state index contributed by atoms with van der Waals surface area (Å²) in [6, 6.07) is 12.2. The number of aromatic nitrogens is 3. The highest BCUT2D eigenvalue weighted by Gasteiger charge is 2.30. The van der Waals surface area contributed by atoms with Gasteiger partial charge in [0.15, 0.2) is 5.89 Å². The quantitative estimate of drug-likeness (QED) is 0.655. The van der Waals surface area contributed by atoms with Crippen LogP contribution >= 0.6 is 0 Å². The van der Waals surface area contributed by atoms with E-state index in [-0.39, 0.29) is 11.8 Å². The number of benzene rings is 1. The van der Waals surface area contributed by atoms with Crippen LogP contribution in [0.15, 0.2) is 47.0 Å². The van der Waals surface area contributed by atoms with E-state index in [9.17, 15) is 4.79 Å². The molecule has 3 heterocycles. The zero-order valence-corrected chi connectivity index (χ0v) is 17.3. The largest absolute Gasteiger partial charge is 0.445 e. The average Bonchev–Trinajstić information content (AvgIpc) is 3.35. The van der Waals surface area contributed by atoms with Gasteiger partial charge >= 0.3 is 0 Å². The van der Waals surface area contributed by atoms with Gasteiger partial charge in [0.2, 0.25) is 0 Å². The molecular weight excluding hydrogens is 364 g/mol. The first-order valence-corrected chi connectivity index (χ1v) is 10.3. The topological polar surface area (TPSA) is 64.2 Å². The highest BCUT2D eigenvalue weighted by Crippen LogP contribution is 2.28. The van der Waals surface area contributed by atoms with Crippen molar-refractivity contribution in [3.63, 3.8) is 0 Å². The van der Waals surface area contributed by atoms with E-state index in [1.807, 2.05) is 42.4 Å². The Kier molecular flexibility index (Phi) is 5.51. The molecular formula is C23H28N4O2. The molecule has 3 aromatic rings. The van der Waals surface area contributed by atoms with Gasteiger partial charge in [-0.1, -0.05) is 44.2 Å². The van der Waals surface area contributed by atoms with Crippen molar-refractivity contribution in [2.75, 3.05) is 13.1 Å². The average molecular weight is 393 g/mol. The van der Waals surface area contributed by atoms with Crippen molar-refractivity contribution < 1.29 is 9.21 Å². The van der Waals surface area contributed by atoms with Crippen molar-refractivity contribution in [2.24, 2.45) is 7.05 Å². The number of aryl methyl sites for hydroxylation is 1. The third-order valence-corrected chi connectivity index (χ3v) is 5.56. The Morgan fingerprint density at radius 2 is 2.07 bits per heavy atom. The fourth-order valence-corrected chi connectivity index (χ4v) is 3.89. The molecule has 1 saturated heterocycles. The van der Waals surface area contributed by atoms with E-state index in [0.717, 1.165) is 43.2 Å². The number of piperidine rings is 1. The van der Waals surface area contributed by atoms with Crippen molar-refractivity contribution in [3.05, 3.63) is 71.2 Å². The van der Waals surface area contributed by atoms with Crippen LogP contribution < -0.4 is 0 Å². The van der Waals surface area contributed by atoms with Gasteiger partial charge in [0.25, 0.3) is 5.91 Å². The molecule has 0 radical (unpaired) electrons. The number of nitrogens with zero attached hydrogens (tertiary/aromatic N) is 4. The van der Waals surface area contributed by atoms with E-state index in [1.165, 1.54) is 5.56 Å². The van der Waals surface area contributed by atoms with Gasteiger partial charge in [-0.25, -0.2) is 4.98 Å². The number of hydrogen-bond donors (Lipinski definition) is 0. The molecule has 2 aromatic heterocycles. The minimum absolute atomic E-state index is 0.0349. The molecule has 152 valence electrons. The van der Waals surface area contributed by atoms with Crippen LogP contribution in [0.1, 0.15) is 71.9 Å². The van der Waals surface area contributed by atoms with E-state index in [2.05, 4.69) is 36.1 Å². The summed E-state index contributed by atoms with van der Waals surface area (Å²) in [7, 11) is 1.84. The van der Waals surface area contributed by atoms with E-state index < -0.39 is 0 Å². The Morgan fingerprint density at radius 1 is 1.28 bits per heavy atom. The molecule has 0 spiro atoms. The highest BCUT2D eigenvalue weighted by atomic mass is 16.4. The Morgan fingerprint density at radius 3 is 2.79 bits per heavy atom. The summed E-state index contributed by atoms with van der Waals surface area (Å²) >= 11 is 0. The van der Waals surface area contributed by atoms with Gasteiger partial charge in [0.1, 0.15) is 11.5 Å². The number of carbonyl (C=O) groups is 1. The Balaban J connectivity index is 1.45. The standard InChI is InChI=1S/C23H28N4O2/c1-16(2)20-13-21(26(3)25-20)23(28)27-11-7-10-18(15-27)22-24-14-19(29-22)12-17-8-5-4-6-9-17/h4-6,8-9,13-14,16,18H,7,10-12,15H2,1-3H3/t18-/m0/s1. The molecule has 4 rings (SSSR count). The Labute approximate surface area is 171 Å². The van der Waals surface area contributed by atoms with Crippen LogP contribution in [-0.2, 0) is 13.5 Å². The summed E-state index contributed by atoms with van der Waals surface area (Å²) in [6.45, 7) is 5.56. The van der Waals surface area contributed by atoms with E-state index in [1.54, 1.807) is 4.68 Å². The van der Waals surface area contributed by atoms with Gasteiger partial charge in [-0.15, -0.1) is 0 Å². The monoisotopic (exact) mass is 392 g/mol. The van der Waals surface area contributed by atoms with E-state index >= 15 is 0 Å². The second-order valence-electron chi connectivity index (χ2n) is 8.15. The lowest BCUT2D eigenvalue weighted by molar-refractivity contribution is 0.0686. The van der Waals surface area contributed by atoms with Crippen LogP contribution in [0.25, 0.3) is 0 Å². The number of hydrogen-bond acceptors (Lipinski definition) is 4. The summed E-state index contributed by atoms with van der Waals surface area (Å²) in [6.07, 6.45) is 4.48. The lowest BCUT2D eigenvalue weighted by Crippen LogP contribution is -2.40. The minimum atomic E-state index is 0.0349. The molecule has 0 aliphatic carbocycles. The summed E-state index contributed by atoms with van der Waals surface area (Å²) in [5, 5.41) is 4.48. The fourth-order valence-electron chi connectivity index (χ4n) is 3.89. The molecule has 1 aliphatic rings. The third kappa shape index (κ3) is 4.26. The molecule has 1 fully saturated rings. The molecule has 1 aliphatic heterocycles. The fraction of sp³-hybridized carbons (Fsp3) is 0.435. The van der Waals surface area contributed by atoms with Gasteiger partial charge in [-0.3, -0.25) is 9.48 Å². The minimum Gasteiger partial charge on any atom is -0.445 e. The third-order valence-electron chi connectivity index (χ3n) is 5.56. The summed E-state index contributed by atoms with van der Waals surface area (Å²) < 4.78 is 7.75. The van der Waals surface area contributed by atoms with Crippen LogP contribution in [0.5, 0.6) is 0 Å². The number of amides is 1. The number of carbonyl (C=O) groups excluding carboxylic acids is 1. The molecule has 29 heavy (non-hydrogen) atoms. The summed E-state index contributed by atoms with van der Waals surface area (Å²) in [4.78, 5) is 19.5. The van der Waals surface area contributed by atoms with Gasteiger partial charge in [0.05, 0.1) is 17.8 Å². The van der Waals surface area contributed by atoms with Crippen molar-refractivity contribution in [3.8, 4) is 0 Å². The summed E-state index contributed by atoms with van der Waals surface area (Å²) in [5.74, 6) is 2.07. The number of likely N-dealkylation sites (tertiary alicyclic amines) is 1. The molecule has 0 N–H and O–H groups in total. The maximum Gasteiger partial charge on any atom is 0.272 e. The van der Waals surface area contributed by atoms with Gasteiger partial charge in [-0.2, -0.15) is 5.10 Å². The first kappa shape index (κ1) is 19.4. The molecule has 6 nitrogen and oxygen atoms in total. The normalized spacial score (nSPS) is 17.1. The Bertz CT molecular complexity index is 974. The summed E-state index contributed by atoms with van der Waals surface area (Å²) in [5.41, 5.74) is 2.79. The maximum absolute atomic E-state index is 13.1. The lowest BCUT2D eigenvalue weighted by atomic mass is 9.97. The predicted octanol–water partition coefficient (Wildman–Crippen LogP) is 4.14. The molecule has 1 amide bonds. The van der Waals surface area contributed by atoms with Gasteiger partial charge < -0.3 is 9.32 Å². The van der Waals surface area contributed by atoms with Gasteiger partial charge in [-0.05, 0) is 30.4 Å². The zero-order chi connectivity index (χ0) is 20.4. The van der Waals surface area contributed by atoms with Crippen molar-refractivity contribution in [1.82, 2.24) is 19.7 Å². The second kappa shape index (κ2) is 8.23. The van der Waals surface area contributed by atoms with E-state index in [4.69, 9.17) is 4.42 Å². The van der Waals surface area contributed by atoms with Crippen molar-refractivity contribution in [1.29, 1.82) is 0 Å². The van der Waals surface area contributed by atoms with Crippen molar-refractivity contribution in [2.45, 2.75) is 44.9 Å².